The first-order chi connectivity index (χ1) is 22.6. The second-order valence-electron chi connectivity index (χ2n) is 15.6. The van der Waals surface area contributed by atoms with Crippen molar-refractivity contribution in [2.24, 2.45) is 23.7 Å². The number of likely N-dealkylation sites (N-methyl/N-ethyl adjacent to an activating group) is 1. The van der Waals surface area contributed by atoms with E-state index < -0.39 is 36.6 Å². The van der Waals surface area contributed by atoms with E-state index in [0.717, 1.165) is 37.8 Å². The third kappa shape index (κ3) is 5.82. The van der Waals surface area contributed by atoms with Crippen molar-refractivity contribution in [1.29, 1.82) is 0 Å². The largest absolute Gasteiger partial charge is 0.336 e. The molecule has 2 aliphatic carbocycles. The topological polar surface area (TPSA) is 98.5 Å². The smallest absolute Gasteiger partial charge is 0.320 e. The van der Waals surface area contributed by atoms with Crippen molar-refractivity contribution in [3.63, 3.8) is 0 Å². The normalized spacial score (nSPS) is 43.0. The number of fused-ring (bicyclic) bond motifs is 7. The molecule has 5 aliphatic heterocycles. The Kier molecular flexibility index (Phi) is 9.20. The highest BCUT2D eigenvalue weighted by atomic mass is 19.1. The van der Waals surface area contributed by atoms with E-state index in [4.69, 9.17) is 0 Å². The lowest BCUT2D eigenvalue weighted by Gasteiger charge is -2.60. The maximum atomic E-state index is 16.9. The van der Waals surface area contributed by atoms with Gasteiger partial charge in [0.25, 0.3) is 0 Å². The Morgan fingerprint density at radius 2 is 1.83 bits per heavy atom. The van der Waals surface area contributed by atoms with Gasteiger partial charge in [0.2, 0.25) is 5.91 Å². The number of urea groups is 1. The molecule has 11 unspecified atom stereocenters. The van der Waals surface area contributed by atoms with Crippen LogP contribution in [0.25, 0.3) is 0 Å². The molecule has 4 N–H and O–H groups in total. The molecule has 47 heavy (non-hydrogen) atoms. The van der Waals surface area contributed by atoms with E-state index in [1.165, 1.54) is 6.08 Å². The predicted octanol–water partition coefficient (Wildman–Crippen LogP) is 2.51. The average molecular weight is 660 g/mol. The molecule has 7 rings (SSSR count). The van der Waals surface area contributed by atoms with Gasteiger partial charge in [-0.2, -0.15) is 0 Å². The van der Waals surface area contributed by atoms with Crippen LogP contribution in [0.2, 0.25) is 0 Å². The van der Waals surface area contributed by atoms with Crippen LogP contribution >= 0.6 is 0 Å². The van der Waals surface area contributed by atoms with Crippen molar-refractivity contribution < 1.29 is 18.4 Å². The lowest BCUT2D eigenvalue weighted by Crippen LogP contribution is -2.80. The molecule has 13 heteroatoms. The highest BCUT2D eigenvalue weighted by Crippen LogP contribution is 2.45. The number of alkyl halides is 2. The summed E-state index contributed by atoms with van der Waals surface area (Å²) in [5, 5.41) is 9.09. The van der Waals surface area contributed by atoms with Gasteiger partial charge in [-0.1, -0.05) is 26.8 Å². The molecule has 2 saturated carbocycles. The summed E-state index contributed by atoms with van der Waals surface area (Å²) in [5.74, 6) is -0.332. The highest BCUT2D eigenvalue weighted by Gasteiger charge is 2.58. The Labute approximate surface area is 278 Å². The minimum Gasteiger partial charge on any atom is -0.336 e. The van der Waals surface area contributed by atoms with Gasteiger partial charge in [-0.25, -0.2) is 13.6 Å². The van der Waals surface area contributed by atoms with Crippen molar-refractivity contribution >= 4 is 11.9 Å². The number of halogens is 2. The Hall–Kier alpha value is -2.48. The molecule has 5 fully saturated rings. The van der Waals surface area contributed by atoms with Gasteiger partial charge >= 0.3 is 6.03 Å². The number of hydrogen-bond donors (Lipinski definition) is 4. The summed E-state index contributed by atoms with van der Waals surface area (Å²) < 4.78 is 33.0. The number of rotatable bonds is 3. The fraction of sp³-hybridized carbons (Fsp3) is 0.824. The van der Waals surface area contributed by atoms with Crippen LogP contribution in [-0.4, -0.2) is 125 Å². The number of carbonyl (C=O) groups is 2. The first kappa shape index (κ1) is 33.0. The van der Waals surface area contributed by atoms with Gasteiger partial charge in [-0.15, -0.1) is 5.53 Å². The second-order valence-corrected chi connectivity index (χ2v) is 15.6. The third-order valence-corrected chi connectivity index (χ3v) is 12.7. The summed E-state index contributed by atoms with van der Waals surface area (Å²) in [7, 11) is 2.15. The lowest BCUT2D eigenvalue weighted by atomic mass is 9.70. The van der Waals surface area contributed by atoms with Crippen LogP contribution in [0.1, 0.15) is 65.7 Å². The number of amides is 3. The predicted molar refractivity (Wildman–Crippen MR) is 175 cm³/mol. The molecular weight excluding hydrogens is 604 g/mol. The van der Waals surface area contributed by atoms with Crippen LogP contribution in [-0.2, 0) is 4.79 Å². The lowest BCUT2D eigenvalue weighted by molar-refractivity contribution is -0.133. The van der Waals surface area contributed by atoms with Gasteiger partial charge in [0.15, 0.2) is 0 Å². The molecule has 0 aromatic heterocycles. The van der Waals surface area contributed by atoms with Gasteiger partial charge in [0.1, 0.15) is 12.3 Å². The maximum Gasteiger partial charge on any atom is 0.320 e. The number of nitrogens with zero attached hydrogens (tertiary/aromatic N) is 5. The molecule has 4 bridgehead atoms. The zero-order valence-corrected chi connectivity index (χ0v) is 28.5. The van der Waals surface area contributed by atoms with E-state index in [1.807, 2.05) is 5.01 Å². The summed E-state index contributed by atoms with van der Waals surface area (Å²) in [6.45, 7) is 12.5. The van der Waals surface area contributed by atoms with Crippen LogP contribution in [0.5, 0.6) is 0 Å². The van der Waals surface area contributed by atoms with E-state index in [2.05, 4.69) is 76.9 Å². The minimum atomic E-state index is -1.28. The van der Waals surface area contributed by atoms with E-state index >= 15 is 8.78 Å². The van der Waals surface area contributed by atoms with Crippen LogP contribution < -0.4 is 21.6 Å². The second kappa shape index (κ2) is 13.1. The van der Waals surface area contributed by atoms with Crippen molar-refractivity contribution in [2.75, 3.05) is 33.2 Å². The summed E-state index contributed by atoms with van der Waals surface area (Å²) in [4.78, 5) is 35.6. The molecule has 0 spiro atoms. The van der Waals surface area contributed by atoms with Crippen LogP contribution in [0.4, 0.5) is 13.6 Å². The molecule has 262 valence electrons. The first-order valence-corrected chi connectivity index (χ1v) is 18.1. The van der Waals surface area contributed by atoms with Crippen LogP contribution in [0.15, 0.2) is 24.6 Å². The molecule has 5 heterocycles. The molecule has 12 atom stereocenters. The maximum absolute atomic E-state index is 16.9. The van der Waals surface area contributed by atoms with Crippen LogP contribution in [0, 0.1) is 23.7 Å². The van der Waals surface area contributed by atoms with E-state index in [0.29, 0.717) is 38.5 Å². The fourth-order valence-corrected chi connectivity index (χ4v) is 10.4. The van der Waals surface area contributed by atoms with Gasteiger partial charge in [0.05, 0.1) is 30.1 Å². The van der Waals surface area contributed by atoms with Crippen molar-refractivity contribution in [1.82, 2.24) is 46.2 Å². The summed E-state index contributed by atoms with van der Waals surface area (Å²) in [5.41, 5.74) is 7.61. The number of nitrogens with one attached hydrogen (secondary N) is 4. The fourth-order valence-electron chi connectivity index (χ4n) is 10.4. The number of hydrogen-bond acceptors (Lipinski definition) is 8. The molecule has 3 saturated heterocycles. The molecule has 0 radical (unpaired) electrons. The van der Waals surface area contributed by atoms with Gasteiger partial charge in [-0.05, 0) is 70.4 Å². The van der Waals surface area contributed by atoms with Crippen molar-refractivity contribution in [3.8, 4) is 0 Å². The number of carbonyl (C=O) groups excluding carboxylic acids is 2. The van der Waals surface area contributed by atoms with Crippen LogP contribution in [0.3, 0.4) is 0 Å². The highest BCUT2D eigenvalue weighted by molar-refractivity contribution is 5.87. The zero-order chi connectivity index (χ0) is 33.1. The van der Waals surface area contributed by atoms with Gasteiger partial charge in [0, 0.05) is 62.3 Å². The Bertz CT molecular complexity index is 1240. The summed E-state index contributed by atoms with van der Waals surface area (Å²) in [6.07, 6.45) is 5.32. The monoisotopic (exact) mass is 659 g/mol. The molecule has 11 nitrogen and oxygen atoms in total. The average Bonchev–Trinajstić information content (AvgIpc) is 3.51. The van der Waals surface area contributed by atoms with E-state index in [1.54, 1.807) is 4.90 Å². The molecule has 0 aromatic rings. The number of piperidine rings is 1. The molecule has 0 aromatic carbocycles. The van der Waals surface area contributed by atoms with Crippen molar-refractivity contribution in [2.45, 2.75) is 121 Å². The number of piperazine rings is 1. The zero-order valence-electron chi connectivity index (χ0n) is 28.5. The number of hydrazine groups is 2. The standard InChI is InChI=1S/C34H55F2N9O2/c1-6-28(46)42-13-14-43(20(4)16-42)32-23-15-25(36)30-29-24(35)10-8-11-26(29)44-18-21(39-40-44)17-41(5)27-12-7-9-22(19(2)3)31(27)45(33(23)37-30)34(47)38-32/h6,18-20,22-27,29-33,37,39-40H,1,7-17H2,2-5H3,(H,38,47)/t20-,22?,23?,24?,25?,26?,27?,29?,30?,31?,32?,33?/m0/s1. The molecule has 7 aliphatic rings. The molecular formula is C34H55F2N9O2. The summed E-state index contributed by atoms with van der Waals surface area (Å²) in [6, 6.07) is -1.14. The van der Waals surface area contributed by atoms with Gasteiger partial charge < -0.3 is 20.5 Å². The quantitative estimate of drug-likeness (QED) is 0.344. The Morgan fingerprint density at radius 3 is 2.57 bits per heavy atom. The Morgan fingerprint density at radius 1 is 1.06 bits per heavy atom. The third-order valence-electron chi connectivity index (χ3n) is 12.7. The van der Waals surface area contributed by atoms with Gasteiger partial charge in [-0.3, -0.25) is 24.9 Å². The molecule has 3 amide bonds. The van der Waals surface area contributed by atoms with E-state index in [9.17, 15) is 9.59 Å². The minimum absolute atomic E-state index is 0.0422. The first-order valence-electron chi connectivity index (χ1n) is 18.1. The summed E-state index contributed by atoms with van der Waals surface area (Å²) >= 11 is 0. The SMILES string of the molecule is C=CC(=O)N1CCN(C2NC(=O)N3C4NC(C(F)CC42)C2C(F)CCCC2N2C=C(CN(C)C4CCCC(C(C)C)C43)NN2)[C@@H](C)C1. The van der Waals surface area contributed by atoms with E-state index in [-0.39, 0.29) is 54.4 Å². The Balaban J connectivity index is 1.30. The van der Waals surface area contributed by atoms with Crippen molar-refractivity contribution in [3.05, 3.63) is 24.6 Å².